The van der Waals surface area contributed by atoms with Gasteiger partial charge in [-0.15, -0.1) is 0 Å². The van der Waals surface area contributed by atoms with Crippen LogP contribution in [0.5, 0.6) is 5.75 Å². The molecule has 1 fully saturated rings. The monoisotopic (exact) mass is 515 g/mol. The molecule has 8 heteroatoms. The van der Waals surface area contributed by atoms with Crippen molar-refractivity contribution in [2.24, 2.45) is 5.73 Å². The number of pyridine rings is 1. The molecule has 1 saturated heterocycles. The number of piperidine rings is 1. The number of fused-ring (bicyclic) bond motifs is 4. The summed E-state index contributed by atoms with van der Waals surface area (Å²) in [6.07, 6.45) is 3.70. The van der Waals surface area contributed by atoms with Crippen LogP contribution in [-0.4, -0.2) is 53.3 Å². The lowest BCUT2D eigenvalue weighted by molar-refractivity contribution is 0.0616. The highest BCUT2D eigenvalue weighted by molar-refractivity contribution is 5.88. The van der Waals surface area contributed by atoms with E-state index in [0.717, 1.165) is 60.8 Å². The Bertz CT molecular complexity index is 1430. The van der Waals surface area contributed by atoms with Gasteiger partial charge in [-0.3, -0.25) is 4.90 Å². The van der Waals surface area contributed by atoms with E-state index in [1.807, 2.05) is 36.5 Å². The molecule has 0 saturated carbocycles. The molecule has 2 aliphatic heterocycles. The molecule has 2 aliphatic rings. The van der Waals surface area contributed by atoms with Gasteiger partial charge in [0.05, 0.1) is 19.8 Å². The predicted octanol–water partition coefficient (Wildman–Crippen LogP) is 4.26. The van der Waals surface area contributed by atoms with E-state index in [0.29, 0.717) is 18.7 Å². The first-order valence-electron chi connectivity index (χ1n) is 13.2. The summed E-state index contributed by atoms with van der Waals surface area (Å²) in [6, 6.07) is 16.9. The molecule has 2 aromatic carbocycles. The first kappa shape index (κ1) is 24.9. The number of halogens is 1. The number of rotatable bonds is 6. The van der Waals surface area contributed by atoms with Crippen molar-refractivity contribution in [1.82, 2.24) is 14.9 Å². The molecular weight excluding hydrogens is 481 g/mol. The Labute approximate surface area is 222 Å². The zero-order chi connectivity index (χ0) is 26.3. The Morgan fingerprint density at radius 2 is 1.97 bits per heavy atom. The van der Waals surface area contributed by atoms with Gasteiger partial charge in [0.15, 0.2) is 0 Å². The molecule has 1 spiro atoms. The van der Waals surface area contributed by atoms with Crippen molar-refractivity contribution in [3.8, 4) is 5.75 Å². The SMILES string of the molecule is COc1ccc2c3c([nH]c2c1)C(CO)N(Cc1ccccc1F)CC31CCN(c2ccc(CN)cn2)CC1. The lowest BCUT2D eigenvalue weighted by atomic mass is 9.68. The largest absolute Gasteiger partial charge is 0.497 e. The number of hydrogen-bond acceptors (Lipinski definition) is 6. The van der Waals surface area contributed by atoms with Crippen molar-refractivity contribution >= 4 is 16.7 Å². The van der Waals surface area contributed by atoms with Crippen LogP contribution in [0.25, 0.3) is 10.9 Å². The third-order valence-electron chi connectivity index (χ3n) is 8.44. The highest BCUT2D eigenvalue weighted by atomic mass is 19.1. The fraction of sp³-hybridized carbons (Fsp3) is 0.367. The zero-order valence-corrected chi connectivity index (χ0v) is 21.7. The maximum atomic E-state index is 14.7. The van der Waals surface area contributed by atoms with Gasteiger partial charge in [0.25, 0.3) is 0 Å². The summed E-state index contributed by atoms with van der Waals surface area (Å²) in [5.41, 5.74) is 10.6. The summed E-state index contributed by atoms with van der Waals surface area (Å²) in [5.74, 6) is 1.54. The van der Waals surface area contributed by atoms with Crippen molar-refractivity contribution in [3.63, 3.8) is 0 Å². The van der Waals surface area contributed by atoms with Crippen LogP contribution in [0.2, 0.25) is 0 Å². The molecular formula is C30H34FN5O2. The molecule has 0 bridgehead atoms. The van der Waals surface area contributed by atoms with Gasteiger partial charge in [-0.05, 0) is 48.2 Å². The van der Waals surface area contributed by atoms with E-state index in [2.05, 4.69) is 31.9 Å². The van der Waals surface area contributed by atoms with Crippen molar-refractivity contribution in [2.75, 3.05) is 38.3 Å². The first-order valence-corrected chi connectivity index (χ1v) is 13.2. The molecule has 2 aromatic heterocycles. The molecule has 1 unspecified atom stereocenters. The molecule has 198 valence electrons. The third-order valence-corrected chi connectivity index (χ3v) is 8.44. The van der Waals surface area contributed by atoms with Crippen LogP contribution in [0, 0.1) is 5.82 Å². The van der Waals surface area contributed by atoms with Crippen LogP contribution in [0.1, 0.15) is 41.3 Å². The smallest absolute Gasteiger partial charge is 0.128 e. The number of methoxy groups -OCH3 is 1. The zero-order valence-electron chi connectivity index (χ0n) is 21.7. The topological polar surface area (TPSA) is 90.6 Å². The Morgan fingerprint density at radius 1 is 1.16 bits per heavy atom. The van der Waals surface area contributed by atoms with Crippen LogP contribution >= 0.6 is 0 Å². The molecule has 38 heavy (non-hydrogen) atoms. The van der Waals surface area contributed by atoms with E-state index < -0.39 is 0 Å². The molecule has 4 heterocycles. The molecule has 1 atom stereocenters. The average molecular weight is 516 g/mol. The summed E-state index contributed by atoms with van der Waals surface area (Å²) < 4.78 is 20.2. The minimum absolute atomic E-state index is 0.0506. The number of aromatic nitrogens is 2. The summed E-state index contributed by atoms with van der Waals surface area (Å²) in [6.45, 7) is 3.32. The fourth-order valence-electron chi connectivity index (χ4n) is 6.42. The maximum Gasteiger partial charge on any atom is 0.128 e. The number of aliphatic hydroxyl groups excluding tert-OH is 1. The second-order valence-electron chi connectivity index (χ2n) is 10.5. The number of nitrogens with one attached hydrogen (secondary N) is 1. The fourth-order valence-corrected chi connectivity index (χ4v) is 6.42. The quantitative estimate of drug-likeness (QED) is 0.356. The molecule has 7 nitrogen and oxygen atoms in total. The lowest BCUT2D eigenvalue weighted by Crippen LogP contribution is -2.53. The number of anilines is 1. The second-order valence-corrected chi connectivity index (χ2v) is 10.5. The Kier molecular flexibility index (Phi) is 6.55. The average Bonchev–Trinajstić information content (AvgIpc) is 3.34. The number of hydrogen-bond donors (Lipinski definition) is 3. The third kappa shape index (κ3) is 4.22. The predicted molar refractivity (Wildman–Crippen MR) is 147 cm³/mol. The van der Waals surface area contributed by atoms with Gasteiger partial charge >= 0.3 is 0 Å². The van der Waals surface area contributed by atoms with Crippen LogP contribution in [0.4, 0.5) is 10.2 Å². The van der Waals surface area contributed by atoms with Gasteiger partial charge < -0.3 is 25.5 Å². The van der Waals surface area contributed by atoms with E-state index in [-0.39, 0.29) is 23.9 Å². The summed E-state index contributed by atoms with van der Waals surface area (Å²) in [4.78, 5) is 12.9. The number of ether oxygens (including phenoxy) is 1. The van der Waals surface area contributed by atoms with Crippen LogP contribution in [0.3, 0.4) is 0 Å². The van der Waals surface area contributed by atoms with E-state index in [1.54, 1.807) is 13.2 Å². The van der Waals surface area contributed by atoms with Gasteiger partial charge in [-0.1, -0.05) is 24.3 Å². The number of H-pyrrole nitrogens is 1. The van der Waals surface area contributed by atoms with Crippen molar-refractivity contribution in [3.05, 3.63) is 89.0 Å². The molecule has 0 radical (unpaired) electrons. The van der Waals surface area contributed by atoms with E-state index in [4.69, 9.17) is 10.5 Å². The normalized spacial score (nSPS) is 19.2. The molecule has 0 aliphatic carbocycles. The van der Waals surface area contributed by atoms with Gasteiger partial charge in [0.1, 0.15) is 17.4 Å². The van der Waals surface area contributed by atoms with Crippen molar-refractivity contribution in [2.45, 2.75) is 37.4 Å². The van der Waals surface area contributed by atoms with E-state index in [1.165, 1.54) is 17.0 Å². The number of benzene rings is 2. The summed E-state index contributed by atoms with van der Waals surface area (Å²) in [5, 5.41) is 11.8. The standard InChI is InChI=1S/C30H34FN5O2/c1-38-22-7-8-23-25(14-22)34-29-26(18-37)36(17-21-4-2-3-5-24(21)31)19-30(28(23)29)10-12-35(13-11-30)27-9-6-20(15-32)16-33-27/h2-9,14,16,26,34,37H,10-13,15,17-19,32H2,1H3. The number of nitrogens with two attached hydrogens (primary N) is 1. The van der Waals surface area contributed by atoms with Gasteiger partial charge in [0, 0.05) is 72.6 Å². The Balaban J connectivity index is 1.40. The minimum Gasteiger partial charge on any atom is -0.497 e. The van der Waals surface area contributed by atoms with Crippen LogP contribution in [0.15, 0.2) is 60.8 Å². The molecule has 0 amide bonds. The Hall–Kier alpha value is -3.46. The number of aromatic amines is 1. The van der Waals surface area contributed by atoms with E-state index >= 15 is 0 Å². The molecule has 4 N–H and O–H groups in total. The van der Waals surface area contributed by atoms with Gasteiger partial charge in [-0.2, -0.15) is 0 Å². The highest BCUT2D eigenvalue weighted by Crippen LogP contribution is 2.49. The molecule has 4 aromatic rings. The lowest BCUT2D eigenvalue weighted by Gasteiger charge is -2.50. The first-order chi connectivity index (χ1) is 18.5. The van der Waals surface area contributed by atoms with Crippen LogP contribution in [-0.2, 0) is 18.5 Å². The Morgan fingerprint density at radius 3 is 2.66 bits per heavy atom. The number of nitrogens with zero attached hydrogens (tertiary/aromatic N) is 3. The highest BCUT2D eigenvalue weighted by Gasteiger charge is 2.47. The number of aliphatic hydroxyl groups is 1. The second kappa shape index (κ2) is 10.0. The molecule has 6 rings (SSSR count). The maximum absolute atomic E-state index is 14.7. The summed E-state index contributed by atoms with van der Waals surface area (Å²) in [7, 11) is 1.67. The van der Waals surface area contributed by atoms with E-state index in [9.17, 15) is 9.50 Å². The van der Waals surface area contributed by atoms with Crippen molar-refractivity contribution in [1.29, 1.82) is 0 Å². The summed E-state index contributed by atoms with van der Waals surface area (Å²) >= 11 is 0. The van der Waals surface area contributed by atoms with Crippen LogP contribution < -0.4 is 15.4 Å². The van der Waals surface area contributed by atoms with Crippen molar-refractivity contribution < 1.29 is 14.2 Å². The van der Waals surface area contributed by atoms with Gasteiger partial charge in [0.2, 0.25) is 0 Å². The van der Waals surface area contributed by atoms with Gasteiger partial charge in [-0.25, -0.2) is 9.37 Å². The minimum atomic E-state index is -0.253.